The van der Waals surface area contributed by atoms with E-state index in [-0.39, 0.29) is 6.04 Å². The van der Waals surface area contributed by atoms with E-state index in [4.69, 9.17) is 28.2 Å². The number of nitrogens with zero attached hydrogens (tertiary/aromatic N) is 4. The molecule has 0 radical (unpaired) electrons. The van der Waals surface area contributed by atoms with E-state index in [0.717, 1.165) is 62.1 Å². The molecular formula is C21H30Cl2N6. The Hall–Kier alpha value is -1.79. The van der Waals surface area contributed by atoms with Gasteiger partial charge in [0.1, 0.15) is 11.6 Å². The van der Waals surface area contributed by atoms with Gasteiger partial charge in [-0.3, -0.25) is 4.99 Å². The van der Waals surface area contributed by atoms with Gasteiger partial charge >= 0.3 is 0 Å². The van der Waals surface area contributed by atoms with Crippen molar-refractivity contribution in [3.05, 3.63) is 45.5 Å². The lowest BCUT2D eigenvalue weighted by molar-refractivity contribution is 0.597. The lowest BCUT2D eigenvalue weighted by Crippen LogP contribution is -2.38. The number of guanidine groups is 1. The lowest BCUT2D eigenvalue weighted by atomic mass is 10.1. The molecule has 158 valence electrons. The molecule has 3 rings (SSSR count). The zero-order valence-corrected chi connectivity index (χ0v) is 18.7. The van der Waals surface area contributed by atoms with Crippen molar-refractivity contribution in [2.75, 3.05) is 13.1 Å². The van der Waals surface area contributed by atoms with E-state index in [2.05, 4.69) is 39.2 Å². The average Bonchev–Trinajstić information content (AvgIpc) is 2.93. The van der Waals surface area contributed by atoms with Gasteiger partial charge in [-0.1, -0.05) is 35.7 Å². The third-order valence-corrected chi connectivity index (χ3v) is 5.89. The van der Waals surface area contributed by atoms with Crippen LogP contribution in [0.2, 0.25) is 10.0 Å². The van der Waals surface area contributed by atoms with Gasteiger partial charge in [0.25, 0.3) is 0 Å². The summed E-state index contributed by atoms with van der Waals surface area (Å²) in [4.78, 5) is 4.73. The molecule has 2 heterocycles. The summed E-state index contributed by atoms with van der Waals surface area (Å²) in [5.41, 5.74) is 1.07. The van der Waals surface area contributed by atoms with Crippen LogP contribution in [0.3, 0.4) is 0 Å². The number of hydrogen-bond acceptors (Lipinski definition) is 3. The van der Waals surface area contributed by atoms with Crippen molar-refractivity contribution < 1.29 is 0 Å². The van der Waals surface area contributed by atoms with Crippen molar-refractivity contribution >= 4 is 29.2 Å². The molecule has 6 nitrogen and oxygen atoms in total. The van der Waals surface area contributed by atoms with Crippen LogP contribution in [0.4, 0.5) is 0 Å². The smallest absolute Gasteiger partial charge is 0.191 e. The number of aryl methyl sites for hydroxylation is 2. The minimum Gasteiger partial charge on any atom is -0.357 e. The number of benzene rings is 1. The molecule has 0 amide bonds. The highest BCUT2D eigenvalue weighted by molar-refractivity contribution is 6.42. The molecule has 1 aromatic carbocycles. The van der Waals surface area contributed by atoms with E-state index in [9.17, 15) is 0 Å². The topological polar surface area (TPSA) is 67.1 Å². The Bertz CT molecular complexity index is 833. The van der Waals surface area contributed by atoms with Gasteiger partial charge in [0.2, 0.25) is 0 Å². The summed E-state index contributed by atoms with van der Waals surface area (Å²) < 4.78 is 2.31. The van der Waals surface area contributed by atoms with Crippen molar-refractivity contribution in [3.8, 4) is 0 Å². The van der Waals surface area contributed by atoms with Gasteiger partial charge in [-0.05, 0) is 50.8 Å². The van der Waals surface area contributed by atoms with E-state index in [0.29, 0.717) is 10.0 Å². The first kappa shape index (κ1) is 21.9. The van der Waals surface area contributed by atoms with E-state index < -0.39 is 0 Å². The zero-order valence-electron chi connectivity index (χ0n) is 17.2. The highest BCUT2D eigenvalue weighted by atomic mass is 35.5. The molecule has 1 aliphatic rings. The fourth-order valence-corrected chi connectivity index (χ4v) is 3.85. The van der Waals surface area contributed by atoms with Crippen molar-refractivity contribution in [2.24, 2.45) is 4.99 Å². The quantitative estimate of drug-likeness (QED) is 0.379. The number of fused-ring (bicyclic) bond motifs is 1. The van der Waals surface area contributed by atoms with Gasteiger partial charge in [0, 0.05) is 32.5 Å². The molecule has 2 N–H and O–H groups in total. The van der Waals surface area contributed by atoms with Crippen molar-refractivity contribution in [1.29, 1.82) is 0 Å². The maximum atomic E-state index is 6.15. The highest BCUT2D eigenvalue weighted by Gasteiger charge is 2.14. The van der Waals surface area contributed by atoms with Crippen LogP contribution in [-0.2, 0) is 19.4 Å². The summed E-state index contributed by atoms with van der Waals surface area (Å²) >= 11 is 12.2. The van der Waals surface area contributed by atoms with Crippen LogP contribution in [0, 0.1) is 0 Å². The van der Waals surface area contributed by atoms with E-state index in [1.165, 1.54) is 19.3 Å². The van der Waals surface area contributed by atoms with Crippen LogP contribution >= 0.6 is 23.2 Å². The van der Waals surface area contributed by atoms with Crippen molar-refractivity contribution in [1.82, 2.24) is 25.4 Å². The molecule has 0 saturated heterocycles. The number of aliphatic imine (C=N–C) groups is 1. The fourth-order valence-electron chi connectivity index (χ4n) is 3.55. The minimum absolute atomic E-state index is 0.0647. The molecule has 0 fully saturated rings. The number of rotatable bonds is 7. The predicted octanol–water partition coefficient (Wildman–Crippen LogP) is 4.56. The first-order chi connectivity index (χ1) is 14.1. The Labute approximate surface area is 183 Å². The molecule has 1 atom stereocenters. The molecule has 1 aliphatic heterocycles. The summed E-state index contributed by atoms with van der Waals surface area (Å²) in [6.07, 6.45) is 6.61. The number of halogens is 2. The second-order valence-corrected chi connectivity index (χ2v) is 8.21. The summed E-state index contributed by atoms with van der Waals surface area (Å²) in [5, 5.41) is 16.7. The van der Waals surface area contributed by atoms with E-state index in [1.807, 2.05) is 18.2 Å². The molecule has 0 spiro atoms. The van der Waals surface area contributed by atoms with Crippen LogP contribution in [0.5, 0.6) is 0 Å². The summed E-state index contributed by atoms with van der Waals surface area (Å²) in [6.45, 7) is 6.72. The van der Waals surface area contributed by atoms with Gasteiger partial charge in [0.05, 0.1) is 16.1 Å². The minimum atomic E-state index is 0.0647. The summed E-state index contributed by atoms with van der Waals surface area (Å²) in [7, 11) is 0. The number of hydrogen-bond donors (Lipinski definition) is 2. The Kier molecular flexibility index (Phi) is 8.19. The van der Waals surface area contributed by atoms with Gasteiger partial charge in [-0.15, -0.1) is 10.2 Å². The number of nitrogens with one attached hydrogen (secondary N) is 2. The SMILES string of the molecule is CCNC(=NCCCc1nnc2n1CCCCC2)NC(C)c1ccc(Cl)c(Cl)c1. The van der Waals surface area contributed by atoms with Gasteiger partial charge < -0.3 is 15.2 Å². The van der Waals surface area contributed by atoms with Gasteiger partial charge in [0.15, 0.2) is 5.96 Å². The normalized spacial score (nSPS) is 15.5. The van der Waals surface area contributed by atoms with Crippen LogP contribution < -0.4 is 10.6 Å². The lowest BCUT2D eigenvalue weighted by Gasteiger charge is -2.18. The second kappa shape index (κ2) is 10.8. The second-order valence-electron chi connectivity index (χ2n) is 7.40. The average molecular weight is 437 g/mol. The van der Waals surface area contributed by atoms with Crippen LogP contribution in [-0.4, -0.2) is 33.8 Å². The first-order valence-electron chi connectivity index (χ1n) is 10.5. The van der Waals surface area contributed by atoms with Crippen LogP contribution in [0.15, 0.2) is 23.2 Å². The maximum absolute atomic E-state index is 6.15. The standard InChI is InChI=1S/C21H30Cl2N6/c1-3-24-21(26-15(2)16-10-11-17(22)18(23)14-16)25-12-7-9-20-28-27-19-8-5-4-6-13-29(19)20/h10-11,14-15H,3-9,12-13H2,1-2H3,(H2,24,25,26). The molecule has 29 heavy (non-hydrogen) atoms. The largest absolute Gasteiger partial charge is 0.357 e. The predicted molar refractivity (Wildman–Crippen MR) is 120 cm³/mol. The van der Waals surface area contributed by atoms with Gasteiger partial charge in [-0.2, -0.15) is 0 Å². The van der Waals surface area contributed by atoms with Crippen LogP contribution in [0.1, 0.15) is 62.8 Å². The maximum Gasteiger partial charge on any atom is 0.191 e. The molecule has 1 aromatic heterocycles. The van der Waals surface area contributed by atoms with Crippen molar-refractivity contribution in [2.45, 2.75) is 65.0 Å². The van der Waals surface area contributed by atoms with Crippen molar-refractivity contribution in [3.63, 3.8) is 0 Å². The first-order valence-corrected chi connectivity index (χ1v) is 11.2. The van der Waals surface area contributed by atoms with Crippen LogP contribution in [0.25, 0.3) is 0 Å². The number of aromatic nitrogens is 3. The molecular weight excluding hydrogens is 407 g/mol. The molecule has 8 heteroatoms. The molecule has 0 saturated carbocycles. The van der Waals surface area contributed by atoms with E-state index in [1.54, 1.807) is 0 Å². The Balaban J connectivity index is 1.55. The molecule has 2 aromatic rings. The van der Waals surface area contributed by atoms with Gasteiger partial charge in [-0.25, -0.2) is 0 Å². The Morgan fingerprint density at radius 1 is 1.21 bits per heavy atom. The zero-order chi connectivity index (χ0) is 20.6. The monoisotopic (exact) mass is 436 g/mol. The summed E-state index contributed by atoms with van der Waals surface area (Å²) in [5.74, 6) is 3.04. The molecule has 0 bridgehead atoms. The van der Waals surface area contributed by atoms with E-state index >= 15 is 0 Å². The Morgan fingerprint density at radius 2 is 2.07 bits per heavy atom. The highest BCUT2D eigenvalue weighted by Crippen LogP contribution is 2.25. The molecule has 0 aliphatic carbocycles. The third-order valence-electron chi connectivity index (χ3n) is 5.16. The summed E-state index contributed by atoms with van der Waals surface area (Å²) in [6, 6.07) is 5.76. The fraction of sp³-hybridized carbons (Fsp3) is 0.571. The Morgan fingerprint density at radius 3 is 2.86 bits per heavy atom. The molecule has 1 unspecified atom stereocenters. The third kappa shape index (κ3) is 6.09.